The topological polar surface area (TPSA) is 34.2 Å². The predicted octanol–water partition coefficient (Wildman–Crippen LogP) is 5.39. The molecule has 0 fully saturated rings. The van der Waals surface area contributed by atoms with Gasteiger partial charge in [0.1, 0.15) is 5.75 Å². The Morgan fingerprint density at radius 1 is 1.15 bits per heavy atom. The molecular formula is C15H12ClF7N2OS. The van der Waals surface area contributed by atoms with Crippen molar-refractivity contribution >= 4 is 28.9 Å². The van der Waals surface area contributed by atoms with Crippen molar-refractivity contribution < 1.29 is 35.5 Å². The molecule has 0 spiro atoms. The van der Waals surface area contributed by atoms with Gasteiger partial charge in [0.25, 0.3) is 0 Å². The Hall–Kier alpha value is -1.75. The molecule has 1 aliphatic rings. The number of anilines is 1. The molecule has 0 atom stereocenters. The van der Waals surface area contributed by atoms with Gasteiger partial charge in [-0.1, -0.05) is 0 Å². The van der Waals surface area contributed by atoms with Crippen LogP contribution in [0.4, 0.5) is 35.9 Å². The van der Waals surface area contributed by atoms with Gasteiger partial charge in [-0.15, -0.1) is 23.7 Å². The van der Waals surface area contributed by atoms with Crippen molar-refractivity contribution in [3.05, 3.63) is 28.6 Å². The summed E-state index contributed by atoms with van der Waals surface area (Å²) < 4.78 is 93.2. The molecule has 0 unspecified atom stereocenters. The van der Waals surface area contributed by atoms with Crippen molar-refractivity contribution in [1.82, 2.24) is 4.98 Å². The summed E-state index contributed by atoms with van der Waals surface area (Å²) in [5, 5.41) is 3.60. The maximum Gasteiger partial charge on any atom is 0.460 e. The average molecular weight is 437 g/mol. The van der Waals surface area contributed by atoms with E-state index in [2.05, 4.69) is 15.0 Å². The lowest BCUT2D eigenvalue weighted by molar-refractivity contribution is -0.358. The van der Waals surface area contributed by atoms with Crippen LogP contribution in [0.3, 0.4) is 0 Å². The number of hydrogen-bond acceptors (Lipinski definition) is 4. The van der Waals surface area contributed by atoms with E-state index in [4.69, 9.17) is 0 Å². The molecule has 0 bridgehead atoms. The van der Waals surface area contributed by atoms with E-state index in [-0.39, 0.29) is 18.2 Å². The second kappa shape index (κ2) is 7.01. The monoisotopic (exact) mass is 436 g/mol. The Morgan fingerprint density at radius 3 is 2.41 bits per heavy atom. The van der Waals surface area contributed by atoms with Crippen molar-refractivity contribution in [3.63, 3.8) is 0 Å². The lowest BCUT2D eigenvalue weighted by Crippen LogP contribution is -2.54. The third kappa shape index (κ3) is 3.66. The highest BCUT2D eigenvalue weighted by Crippen LogP contribution is 2.47. The molecule has 0 saturated heterocycles. The summed E-state index contributed by atoms with van der Waals surface area (Å²) in [6, 6.07) is 4.08. The Balaban J connectivity index is 0.00000261. The van der Waals surface area contributed by atoms with Crippen molar-refractivity contribution in [2.75, 3.05) is 19.0 Å². The molecule has 2 aromatic rings. The molecule has 0 aliphatic heterocycles. The summed E-state index contributed by atoms with van der Waals surface area (Å²) >= 11 is 1.40. The first-order valence-electron chi connectivity index (χ1n) is 7.22. The number of benzene rings is 1. The third-order valence-electron chi connectivity index (χ3n) is 3.83. The fraction of sp³-hybridized carbons (Fsp3) is 0.400. The van der Waals surface area contributed by atoms with Gasteiger partial charge in [0, 0.05) is 23.9 Å². The van der Waals surface area contributed by atoms with Crippen LogP contribution >= 0.6 is 23.7 Å². The number of thiazole rings is 1. The molecule has 0 saturated carbocycles. The van der Waals surface area contributed by atoms with Gasteiger partial charge < -0.3 is 10.1 Å². The first-order chi connectivity index (χ1) is 12.0. The Kier molecular flexibility index (Phi) is 5.59. The molecule has 1 aromatic carbocycles. The minimum Gasteiger partial charge on any atom is -0.487 e. The second-order valence-electron chi connectivity index (χ2n) is 5.60. The number of aromatic nitrogens is 1. The number of halogens is 8. The zero-order valence-corrected chi connectivity index (χ0v) is 15.1. The Labute approximate surface area is 159 Å². The maximum absolute atomic E-state index is 13.3. The SMILES string of the molecule is CNc1nc2c(s1)Cc1cc(OCC(F)(F)C(F)(F)C(F)(F)F)ccc1-2.Cl. The van der Waals surface area contributed by atoms with Crippen LogP contribution < -0.4 is 10.1 Å². The molecule has 1 aromatic heterocycles. The minimum absolute atomic E-state index is 0. The first-order valence-corrected chi connectivity index (χ1v) is 8.04. The Morgan fingerprint density at radius 2 is 1.81 bits per heavy atom. The van der Waals surface area contributed by atoms with Gasteiger partial charge >= 0.3 is 18.0 Å². The molecule has 3 rings (SSSR count). The van der Waals surface area contributed by atoms with Crippen LogP contribution in [0.15, 0.2) is 18.2 Å². The van der Waals surface area contributed by atoms with E-state index < -0.39 is 24.6 Å². The minimum atomic E-state index is -6.37. The summed E-state index contributed by atoms with van der Waals surface area (Å²) in [5.74, 6) is -11.8. The molecule has 1 N–H and O–H groups in total. The number of nitrogens with zero attached hydrogens (tertiary/aromatic N) is 1. The normalized spacial score (nSPS) is 13.6. The Bertz CT molecular complexity index is 838. The lowest BCUT2D eigenvalue weighted by atomic mass is 10.1. The fourth-order valence-corrected chi connectivity index (χ4v) is 3.42. The van der Waals surface area contributed by atoms with Crippen LogP contribution in [0.5, 0.6) is 5.75 Å². The second-order valence-corrected chi connectivity index (χ2v) is 6.69. The van der Waals surface area contributed by atoms with E-state index >= 15 is 0 Å². The van der Waals surface area contributed by atoms with E-state index in [1.165, 1.54) is 29.5 Å². The summed E-state index contributed by atoms with van der Waals surface area (Å²) in [5.41, 5.74) is 2.12. The zero-order chi connectivity index (χ0) is 19.3. The van der Waals surface area contributed by atoms with Gasteiger partial charge in [0.15, 0.2) is 11.7 Å². The highest BCUT2D eigenvalue weighted by molar-refractivity contribution is 7.16. The third-order valence-corrected chi connectivity index (χ3v) is 4.90. The van der Waals surface area contributed by atoms with Crippen molar-refractivity contribution in [3.8, 4) is 17.0 Å². The van der Waals surface area contributed by atoms with E-state index in [1.54, 1.807) is 7.05 Å². The standard InChI is InChI=1S/C15H11F7N2OS.ClH/c1-23-12-24-11-9-3-2-8(4-7(9)5-10(11)26-12)25-6-13(16,17)14(18,19)15(20,21)22;/h2-4H,5-6H2,1H3,(H,23,24);1H. The van der Waals surface area contributed by atoms with E-state index in [1.807, 2.05) is 0 Å². The van der Waals surface area contributed by atoms with Gasteiger partial charge in [0.05, 0.1) is 5.69 Å². The molecule has 0 radical (unpaired) electrons. The number of ether oxygens (including phenoxy) is 1. The lowest BCUT2D eigenvalue weighted by Gasteiger charge is -2.28. The predicted molar refractivity (Wildman–Crippen MR) is 88.6 cm³/mol. The van der Waals surface area contributed by atoms with Gasteiger partial charge in [-0.3, -0.25) is 0 Å². The number of hydrogen-bond donors (Lipinski definition) is 1. The van der Waals surface area contributed by atoms with Gasteiger partial charge in [0.2, 0.25) is 0 Å². The van der Waals surface area contributed by atoms with Crippen molar-refractivity contribution in [1.29, 1.82) is 0 Å². The molecule has 1 aliphatic carbocycles. The van der Waals surface area contributed by atoms with E-state index in [0.717, 1.165) is 16.1 Å². The van der Waals surface area contributed by atoms with E-state index in [0.29, 0.717) is 17.1 Å². The number of nitrogens with one attached hydrogen (secondary N) is 1. The molecule has 1 heterocycles. The van der Waals surface area contributed by atoms with Gasteiger partial charge in [-0.05, 0) is 23.8 Å². The molecular weight excluding hydrogens is 425 g/mol. The smallest absolute Gasteiger partial charge is 0.460 e. The van der Waals surface area contributed by atoms with Gasteiger partial charge in [-0.2, -0.15) is 30.7 Å². The first kappa shape index (κ1) is 21.5. The fourth-order valence-electron chi connectivity index (χ4n) is 2.47. The zero-order valence-electron chi connectivity index (χ0n) is 13.5. The number of rotatable bonds is 5. The van der Waals surface area contributed by atoms with Crippen LogP contribution in [0.1, 0.15) is 10.4 Å². The van der Waals surface area contributed by atoms with Crippen LogP contribution in [0.25, 0.3) is 11.3 Å². The van der Waals surface area contributed by atoms with Crippen molar-refractivity contribution in [2.45, 2.75) is 24.4 Å². The van der Waals surface area contributed by atoms with Crippen LogP contribution in [0.2, 0.25) is 0 Å². The summed E-state index contributed by atoms with van der Waals surface area (Å²) in [6.45, 7) is -2.09. The largest absolute Gasteiger partial charge is 0.487 e. The highest BCUT2D eigenvalue weighted by Gasteiger charge is 2.73. The molecule has 27 heavy (non-hydrogen) atoms. The van der Waals surface area contributed by atoms with Gasteiger partial charge in [-0.25, -0.2) is 4.98 Å². The van der Waals surface area contributed by atoms with Crippen LogP contribution in [-0.4, -0.2) is 36.7 Å². The summed E-state index contributed by atoms with van der Waals surface area (Å²) in [6.07, 6.45) is -5.93. The van der Waals surface area contributed by atoms with E-state index in [9.17, 15) is 30.7 Å². The van der Waals surface area contributed by atoms with Crippen molar-refractivity contribution in [2.24, 2.45) is 0 Å². The number of fused-ring (bicyclic) bond motifs is 3. The quantitative estimate of drug-likeness (QED) is 0.545. The average Bonchev–Trinajstić information content (AvgIpc) is 3.08. The summed E-state index contributed by atoms with van der Waals surface area (Å²) in [4.78, 5) is 5.27. The molecule has 0 amide bonds. The summed E-state index contributed by atoms with van der Waals surface area (Å²) in [7, 11) is 1.71. The van der Waals surface area contributed by atoms with Crippen LogP contribution in [0, 0.1) is 0 Å². The maximum atomic E-state index is 13.3. The molecule has 12 heteroatoms. The highest BCUT2D eigenvalue weighted by atomic mass is 35.5. The molecule has 150 valence electrons. The molecule has 3 nitrogen and oxygen atoms in total. The number of alkyl halides is 7. The van der Waals surface area contributed by atoms with Crippen LogP contribution in [-0.2, 0) is 6.42 Å².